The largest absolute Gasteiger partial charge is 0.323 e. The van der Waals surface area contributed by atoms with Crippen LogP contribution in [0.5, 0.6) is 0 Å². The second kappa shape index (κ2) is 9.09. The number of hydrogen-bond acceptors (Lipinski definition) is 4. The molecule has 0 bridgehead atoms. The molecule has 1 aliphatic heterocycles. The molecule has 0 atom stereocenters. The molecule has 0 fully saturated rings. The van der Waals surface area contributed by atoms with E-state index >= 15 is 0 Å². The van der Waals surface area contributed by atoms with Crippen molar-refractivity contribution in [1.82, 2.24) is 14.8 Å². The Morgan fingerprint density at radius 1 is 1.03 bits per heavy atom. The van der Waals surface area contributed by atoms with Gasteiger partial charge in [0.1, 0.15) is 5.82 Å². The molecule has 6 heteroatoms. The number of carbonyl (C=O) groups excluding carboxylic acids is 1. The third-order valence-electron chi connectivity index (χ3n) is 5.06. The highest BCUT2D eigenvalue weighted by molar-refractivity contribution is 7.98. The summed E-state index contributed by atoms with van der Waals surface area (Å²) in [6.45, 7) is 0.971. The number of fused-ring (bicyclic) bond motifs is 1. The lowest BCUT2D eigenvalue weighted by Gasteiger charge is -2.08. The first-order chi connectivity index (χ1) is 14.2. The molecule has 0 radical (unpaired) electrons. The molecule has 0 saturated heterocycles. The summed E-state index contributed by atoms with van der Waals surface area (Å²) in [6.07, 6.45) is 10.00. The predicted molar refractivity (Wildman–Crippen MR) is 119 cm³/mol. The van der Waals surface area contributed by atoms with Crippen LogP contribution in [0.4, 0.5) is 5.69 Å². The molecule has 1 aliphatic rings. The van der Waals surface area contributed by atoms with Gasteiger partial charge >= 0.3 is 0 Å². The molecule has 2 heterocycles. The van der Waals surface area contributed by atoms with E-state index in [2.05, 4.69) is 20.1 Å². The Morgan fingerprint density at radius 2 is 1.83 bits per heavy atom. The second-order valence-electron chi connectivity index (χ2n) is 7.08. The number of benzene rings is 2. The van der Waals surface area contributed by atoms with Crippen molar-refractivity contribution in [3.8, 4) is 11.4 Å². The van der Waals surface area contributed by atoms with Crippen LogP contribution in [0.3, 0.4) is 0 Å². The van der Waals surface area contributed by atoms with Crippen molar-refractivity contribution in [3.63, 3.8) is 0 Å². The van der Waals surface area contributed by atoms with E-state index in [1.807, 2.05) is 60.9 Å². The summed E-state index contributed by atoms with van der Waals surface area (Å²) in [5, 5.41) is 11.7. The number of aryl methyl sites for hydroxylation is 1. The Bertz CT molecular complexity index is 1010. The number of hydrogen-bond donors (Lipinski definition) is 1. The Morgan fingerprint density at radius 3 is 2.59 bits per heavy atom. The summed E-state index contributed by atoms with van der Waals surface area (Å²) in [5.41, 5.74) is 2.78. The summed E-state index contributed by atoms with van der Waals surface area (Å²) in [5.74, 6) is 1.84. The molecule has 0 spiro atoms. The van der Waals surface area contributed by atoms with E-state index in [9.17, 15) is 4.79 Å². The first-order valence-corrected chi connectivity index (χ1v) is 11.1. The van der Waals surface area contributed by atoms with Crippen LogP contribution in [0.1, 0.15) is 30.7 Å². The SMILES string of the molecule is CSc1ccc(/C=C/C(=O)Nc2ccc(-c3nnc4n3CCCCC4)cc2)cc1. The number of nitrogens with one attached hydrogen (secondary N) is 1. The third kappa shape index (κ3) is 4.77. The van der Waals surface area contributed by atoms with Gasteiger partial charge in [0.05, 0.1) is 0 Å². The minimum absolute atomic E-state index is 0.150. The standard InChI is InChI=1S/C23H24N4OS/c1-29-20-13-6-17(7-14-20)8-15-22(28)24-19-11-9-18(10-12-19)23-26-25-21-5-3-2-4-16-27(21)23/h6-15H,2-5,16H2,1H3,(H,24,28)/b15-8+. The van der Waals surface area contributed by atoms with Gasteiger partial charge in [0.2, 0.25) is 5.91 Å². The minimum Gasteiger partial charge on any atom is -0.323 e. The summed E-state index contributed by atoms with van der Waals surface area (Å²) < 4.78 is 2.23. The van der Waals surface area contributed by atoms with E-state index < -0.39 is 0 Å². The molecular formula is C23H24N4OS. The quantitative estimate of drug-likeness (QED) is 0.478. The van der Waals surface area contributed by atoms with Gasteiger partial charge in [0.25, 0.3) is 0 Å². The fraction of sp³-hybridized carbons (Fsp3) is 0.261. The van der Waals surface area contributed by atoms with Gasteiger partial charge in [-0.05, 0) is 67.1 Å². The fourth-order valence-electron chi connectivity index (χ4n) is 3.47. The molecule has 1 aromatic heterocycles. The van der Waals surface area contributed by atoms with Crippen LogP contribution < -0.4 is 5.32 Å². The maximum Gasteiger partial charge on any atom is 0.248 e. The average Bonchev–Trinajstić information content (AvgIpc) is 3.01. The molecule has 3 aromatic rings. The molecular weight excluding hydrogens is 380 g/mol. The number of amides is 1. The maximum absolute atomic E-state index is 12.2. The smallest absolute Gasteiger partial charge is 0.248 e. The minimum atomic E-state index is -0.150. The normalized spacial score (nSPS) is 13.8. The summed E-state index contributed by atoms with van der Waals surface area (Å²) in [4.78, 5) is 13.4. The van der Waals surface area contributed by atoms with Gasteiger partial charge < -0.3 is 9.88 Å². The number of thioether (sulfide) groups is 1. The van der Waals surface area contributed by atoms with Crippen LogP contribution >= 0.6 is 11.8 Å². The molecule has 2 aromatic carbocycles. The van der Waals surface area contributed by atoms with Crippen molar-refractivity contribution in [2.45, 2.75) is 37.1 Å². The van der Waals surface area contributed by atoms with Crippen LogP contribution in [0.2, 0.25) is 0 Å². The van der Waals surface area contributed by atoms with Crippen LogP contribution in [0.15, 0.2) is 59.5 Å². The zero-order chi connectivity index (χ0) is 20.1. The lowest BCUT2D eigenvalue weighted by atomic mass is 10.2. The zero-order valence-corrected chi connectivity index (χ0v) is 17.3. The van der Waals surface area contributed by atoms with E-state index in [0.717, 1.165) is 41.4 Å². The van der Waals surface area contributed by atoms with Crippen LogP contribution in [0, 0.1) is 0 Å². The Kier molecular flexibility index (Phi) is 6.10. The topological polar surface area (TPSA) is 59.8 Å². The lowest BCUT2D eigenvalue weighted by Crippen LogP contribution is -2.07. The highest BCUT2D eigenvalue weighted by Gasteiger charge is 2.15. The van der Waals surface area contributed by atoms with Crippen molar-refractivity contribution in [2.75, 3.05) is 11.6 Å². The Labute approximate surface area is 175 Å². The zero-order valence-electron chi connectivity index (χ0n) is 16.5. The van der Waals surface area contributed by atoms with Crippen molar-refractivity contribution in [2.24, 2.45) is 0 Å². The average molecular weight is 405 g/mol. The molecule has 29 heavy (non-hydrogen) atoms. The Hall–Kier alpha value is -2.86. The molecule has 0 unspecified atom stereocenters. The highest BCUT2D eigenvalue weighted by Crippen LogP contribution is 2.24. The summed E-state index contributed by atoms with van der Waals surface area (Å²) in [7, 11) is 0. The maximum atomic E-state index is 12.2. The molecule has 0 aliphatic carbocycles. The lowest BCUT2D eigenvalue weighted by molar-refractivity contribution is -0.111. The number of carbonyl (C=O) groups is 1. The van der Waals surface area contributed by atoms with E-state index in [1.54, 1.807) is 17.8 Å². The van der Waals surface area contributed by atoms with Crippen molar-refractivity contribution < 1.29 is 4.79 Å². The predicted octanol–water partition coefficient (Wildman–Crippen LogP) is 5.05. The van der Waals surface area contributed by atoms with E-state index in [4.69, 9.17) is 0 Å². The third-order valence-corrected chi connectivity index (χ3v) is 5.81. The molecule has 0 saturated carbocycles. The van der Waals surface area contributed by atoms with Crippen LogP contribution in [-0.4, -0.2) is 26.9 Å². The van der Waals surface area contributed by atoms with Gasteiger partial charge in [0.15, 0.2) is 5.82 Å². The number of aromatic nitrogens is 3. The van der Waals surface area contributed by atoms with Crippen molar-refractivity contribution in [1.29, 1.82) is 0 Å². The second-order valence-corrected chi connectivity index (χ2v) is 7.95. The summed E-state index contributed by atoms with van der Waals surface area (Å²) >= 11 is 1.70. The number of nitrogens with zero attached hydrogens (tertiary/aromatic N) is 3. The van der Waals surface area contributed by atoms with E-state index in [0.29, 0.717) is 0 Å². The van der Waals surface area contributed by atoms with Crippen molar-refractivity contribution in [3.05, 3.63) is 66.0 Å². The Balaban J connectivity index is 1.41. The van der Waals surface area contributed by atoms with Crippen LogP contribution in [-0.2, 0) is 17.8 Å². The summed E-state index contributed by atoms with van der Waals surface area (Å²) in [6, 6.07) is 15.9. The van der Waals surface area contributed by atoms with Gasteiger partial charge in [-0.25, -0.2) is 0 Å². The number of rotatable bonds is 5. The van der Waals surface area contributed by atoms with Crippen LogP contribution in [0.25, 0.3) is 17.5 Å². The van der Waals surface area contributed by atoms with Gasteiger partial charge in [0, 0.05) is 35.2 Å². The molecule has 5 nitrogen and oxygen atoms in total. The van der Waals surface area contributed by atoms with Gasteiger partial charge in [-0.1, -0.05) is 18.6 Å². The van der Waals surface area contributed by atoms with Gasteiger partial charge in [-0.15, -0.1) is 22.0 Å². The first kappa shape index (κ1) is 19.5. The molecule has 4 rings (SSSR count). The van der Waals surface area contributed by atoms with Gasteiger partial charge in [-0.2, -0.15) is 0 Å². The molecule has 1 N–H and O–H groups in total. The van der Waals surface area contributed by atoms with Crippen molar-refractivity contribution >= 4 is 29.4 Å². The molecule has 1 amide bonds. The van der Waals surface area contributed by atoms with E-state index in [1.165, 1.54) is 24.2 Å². The molecule has 148 valence electrons. The number of anilines is 1. The first-order valence-electron chi connectivity index (χ1n) is 9.88. The van der Waals surface area contributed by atoms with Gasteiger partial charge in [-0.3, -0.25) is 4.79 Å². The monoisotopic (exact) mass is 404 g/mol. The fourth-order valence-corrected chi connectivity index (χ4v) is 3.88. The van der Waals surface area contributed by atoms with E-state index in [-0.39, 0.29) is 5.91 Å². The highest BCUT2D eigenvalue weighted by atomic mass is 32.2.